The molecule has 0 amide bonds. The third-order valence-corrected chi connectivity index (χ3v) is 4.30. The summed E-state index contributed by atoms with van der Waals surface area (Å²) in [5, 5.41) is 13.7. The summed E-state index contributed by atoms with van der Waals surface area (Å²) in [6, 6.07) is 10.7. The Labute approximate surface area is 112 Å². The minimum Gasteiger partial charge on any atom is -0.390 e. The van der Waals surface area contributed by atoms with E-state index in [-0.39, 0.29) is 18.1 Å². The van der Waals surface area contributed by atoms with E-state index in [4.69, 9.17) is 0 Å². The molecule has 2 aromatic rings. The SMILES string of the molecule is O=S(=O)(Cc1ccccc1)C[C@@H](O)Cn1cccn1. The van der Waals surface area contributed by atoms with Crippen LogP contribution in [0.5, 0.6) is 0 Å². The molecule has 0 bridgehead atoms. The van der Waals surface area contributed by atoms with E-state index in [9.17, 15) is 13.5 Å². The largest absolute Gasteiger partial charge is 0.390 e. The van der Waals surface area contributed by atoms with Crippen molar-refractivity contribution in [3.63, 3.8) is 0 Å². The summed E-state index contributed by atoms with van der Waals surface area (Å²) < 4.78 is 25.4. The predicted molar refractivity (Wildman–Crippen MR) is 72.2 cm³/mol. The van der Waals surface area contributed by atoms with Gasteiger partial charge in [-0.2, -0.15) is 5.10 Å². The summed E-state index contributed by atoms with van der Waals surface area (Å²) in [5.74, 6) is -0.314. The maximum atomic E-state index is 11.9. The van der Waals surface area contributed by atoms with Crippen LogP contribution in [0.3, 0.4) is 0 Å². The Bertz CT molecular complexity index is 594. The normalized spacial score (nSPS) is 13.3. The molecule has 0 spiro atoms. The Hall–Kier alpha value is -1.66. The van der Waals surface area contributed by atoms with Crippen molar-refractivity contribution in [1.29, 1.82) is 0 Å². The third kappa shape index (κ3) is 4.50. The topological polar surface area (TPSA) is 72.2 Å². The second-order valence-electron chi connectivity index (χ2n) is 4.42. The Morgan fingerprint density at radius 2 is 1.95 bits per heavy atom. The molecular weight excluding hydrogens is 264 g/mol. The van der Waals surface area contributed by atoms with Crippen molar-refractivity contribution >= 4 is 9.84 Å². The van der Waals surface area contributed by atoms with Gasteiger partial charge in [-0.15, -0.1) is 0 Å². The quantitative estimate of drug-likeness (QED) is 0.852. The first-order valence-electron chi connectivity index (χ1n) is 5.95. The molecule has 0 radical (unpaired) electrons. The number of sulfone groups is 1. The number of rotatable bonds is 6. The highest BCUT2D eigenvalue weighted by Crippen LogP contribution is 2.08. The van der Waals surface area contributed by atoms with Crippen LogP contribution in [0, 0.1) is 0 Å². The highest BCUT2D eigenvalue weighted by Gasteiger charge is 2.18. The van der Waals surface area contributed by atoms with E-state index in [0.717, 1.165) is 5.56 Å². The fourth-order valence-electron chi connectivity index (χ4n) is 1.86. The summed E-state index contributed by atoms with van der Waals surface area (Å²) in [5.41, 5.74) is 0.730. The standard InChI is InChI=1S/C13H16N2O3S/c16-13(9-15-8-4-7-14-15)11-19(17,18)10-12-5-2-1-3-6-12/h1-8,13,16H,9-11H2/t13-/m0/s1. The van der Waals surface area contributed by atoms with Gasteiger partial charge in [0.05, 0.1) is 24.2 Å². The Morgan fingerprint density at radius 3 is 2.58 bits per heavy atom. The van der Waals surface area contributed by atoms with Gasteiger partial charge < -0.3 is 5.11 Å². The fraction of sp³-hybridized carbons (Fsp3) is 0.308. The molecule has 0 unspecified atom stereocenters. The number of benzene rings is 1. The van der Waals surface area contributed by atoms with Gasteiger partial charge in [-0.1, -0.05) is 30.3 Å². The van der Waals surface area contributed by atoms with E-state index >= 15 is 0 Å². The van der Waals surface area contributed by atoms with Gasteiger partial charge in [0.1, 0.15) is 0 Å². The minimum atomic E-state index is -3.33. The second-order valence-corrected chi connectivity index (χ2v) is 6.53. The molecule has 1 atom stereocenters. The van der Waals surface area contributed by atoms with Crippen LogP contribution in [0.15, 0.2) is 48.8 Å². The van der Waals surface area contributed by atoms with Gasteiger partial charge in [-0.25, -0.2) is 8.42 Å². The van der Waals surface area contributed by atoms with Crippen molar-refractivity contribution in [2.75, 3.05) is 5.75 Å². The van der Waals surface area contributed by atoms with Gasteiger partial charge in [0.15, 0.2) is 9.84 Å². The maximum absolute atomic E-state index is 11.9. The van der Waals surface area contributed by atoms with Crippen molar-refractivity contribution in [3.8, 4) is 0 Å². The molecular formula is C13H16N2O3S. The maximum Gasteiger partial charge on any atom is 0.157 e. The molecule has 5 nitrogen and oxygen atoms in total. The molecule has 1 N–H and O–H groups in total. The smallest absolute Gasteiger partial charge is 0.157 e. The van der Waals surface area contributed by atoms with Crippen LogP contribution in [0.4, 0.5) is 0 Å². The van der Waals surface area contributed by atoms with Crippen LogP contribution in [-0.4, -0.2) is 35.2 Å². The highest BCUT2D eigenvalue weighted by atomic mass is 32.2. The molecule has 6 heteroatoms. The molecule has 0 aliphatic carbocycles. The average molecular weight is 280 g/mol. The molecule has 1 aromatic heterocycles. The van der Waals surface area contributed by atoms with Crippen molar-refractivity contribution in [3.05, 3.63) is 54.4 Å². The van der Waals surface area contributed by atoms with Crippen LogP contribution < -0.4 is 0 Å². The number of aromatic nitrogens is 2. The van der Waals surface area contributed by atoms with Gasteiger partial charge in [0.2, 0.25) is 0 Å². The van der Waals surface area contributed by atoms with Gasteiger partial charge in [-0.05, 0) is 11.6 Å². The zero-order valence-corrected chi connectivity index (χ0v) is 11.2. The van der Waals surface area contributed by atoms with Crippen molar-refractivity contribution in [1.82, 2.24) is 9.78 Å². The van der Waals surface area contributed by atoms with Crippen molar-refractivity contribution < 1.29 is 13.5 Å². The average Bonchev–Trinajstić information content (AvgIpc) is 2.81. The first-order valence-corrected chi connectivity index (χ1v) is 7.77. The first kappa shape index (κ1) is 13.8. The molecule has 0 saturated heterocycles. The monoisotopic (exact) mass is 280 g/mol. The minimum absolute atomic E-state index is 0.0516. The first-order chi connectivity index (χ1) is 9.05. The van der Waals surface area contributed by atoms with E-state index in [1.54, 1.807) is 42.7 Å². The second kappa shape index (κ2) is 5.99. The summed E-state index contributed by atoms with van der Waals surface area (Å²) in [6.45, 7) is 0.182. The van der Waals surface area contributed by atoms with Crippen LogP contribution in [-0.2, 0) is 22.1 Å². The molecule has 1 aromatic carbocycles. The lowest BCUT2D eigenvalue weighted by atomic mass is 10.2. The summed E-state index contributed by atoms with van der Waals surface area (Å²) >= 11 is 0. The Balaban J connectivity index is 1.93. The number of aliphatic hydroxyl groups excluding tert-OH is 1. The zero-order valence-electron chi connectivity index (χ0n) is 10.4. The third-order valence-electron chi connectivity index (χ3n) is 2.63. The molecule has 0 saturated carbocycles. The molecule has 0 aliphatic rings. The number of aliphatic hydroxyl groups is 1. The summed E-state index contributed by atoms with van der Waals surface area (Å²) in [7, 11) is -3.33. The zero-order chi connectivity index (χ0) is 13.7. The molecule has 2 rings (SSSR count). The van der Waals surface area contributed by atoms with E-state index in [1.165, 1.54) is 4.68 Å². The lowest BCUT2D eigenvalue weighted by Crippen LogP contribution is -2.26. The molecule has 102 valence electrons. The highest BCUT2D eigenvalue weighted by molar-refractivity contribution is 7.90. The molecule has 0 fully saturated rings. The summed E-state index contributed by atoms with van der Waals surface area (Å²) in [4.78, 5) is 0. The van der Waals surface area contributed by atoms with Crippen LogP contribution >= 0.6 is 0 Å². The van der Waals surface area contributed by atoms with Gasteiger partial charge in [-0.3, -0.25) is 4.68 Å². The van der Waals surface area contributed by atoms with Gasteiger partial charge in [0, 0.05) is 12.4 Å². The number of hydrogen-bond donors (Lipinski definition) is 1. The molecule has 19 heavy (non-hydrogen) atoms. The molecule has 1 heterocycles. The van der Waals surface area contributed by atoms with Crippen LogP contribution in [0.1, 0.15) is 5.56 Å². The number of nitrogens with zero attached hydrogens (tertiary/aromatic N) is 2. The number of hydrogen-bond acceptors (Lipinski definition) is 4. The lowest BCUT2D eigenvalue weighted by molar-refractivity contribution is 0.171. The molecule has 0 aliphatic heterocycles. The van der Waals surface area contributed by atoms with Crippen molar-refractivity contribution in [2.45, 2.75) is 18.4 Å². The van der Waals surface area contributed by atoms with Gasteiger partial charge in [0.25, 0.3) is 0 Å². The fourth-order valence-corrected chi connectivity index (χ4v) is 3.37. The van der Waals surface area contributed by atoms with E-state index in [2.05, 4.69) is 5.10 Å². The Kier molecular flexibility index (Phi) is 4.34. The van der Waals surface area contributed by atoms with E-state index in [0.29, 0.717) is 0 Å². The van der Waals surface area contributed by atoms with E-state index in [1.807, 2.05) is 6.07 Å². The lowest BCUT2D eigenvalue weighted by Gasteiger charge is -2.11. The van der Waals surface area contributed by atoms with Crippen LogP contribution in [0.2, 0.25) is 0 Å². The van der Waals surface area contributed by atoms with Gasteiger partial charge >= 0.3 is 0 Å². The van der Waals surface area contributed by atoms with Crippen molar-refractivity contribution in [2.24, 2.45) is 0 Å². The predicted octanol–water partition coefficient (Wildman–Crippen LogP) is 0.859. The van der Waals surface area contributed by atoms with E-state index < -0.39 is 15.9 Å². The Morgan fingerprint density at radius 1 is 1.21 bits per heavy atom. The van der Waals surface area contributed by atoms with Crippen LogP contribution in [0.25, 0.3) is 0 Å². The summed E-state index contributed by atoms with van der Waals surface area (Å²) in [6.07, 6.45) is 2.33.